The molecule has 240 valence electrons. The number of aryl methyl sites for hydroxylation is 1. The number of nitrogens with one attached hydrogen (secondary N) is 1. The third-order valence-electron chi connectivity index (χ3n) is 6.06. The topological polar surface area (TPSA) is 272 Å². The third-order valence-corrected chi connectivity index (χ3v) is 9.32. The standard InChI is InChI=1S/C23H20N4O14S4/c1-12-16(22(28)26(24-12)18-10-14(43(31,32)33)6-8-20(18)42-41-40-30)4-3-5-17-13(2)25-27(23(17)29)19-11-15(44(34,35)36)7-9-21(19)45(37,38)39/h3-11,25,30H,1-2H3,(H,31,32,33)(H,34,35,36)(H,37,38,39)/b5-3+,16-4-. The molecule has 22 heteroatoms. The van der Waals surface area contributed by atoms with Gasteiger partial charge in [-0.1, -0.05) is 11.1 Å². The van der Waals surface area contributed by atoms with Gasteiger partial charge in [-0.25, -0.2) is 9.94 Å². The second kappa shape index (κ2) is 12.4. The molecule has 5 N–H and O–H groups in total. The van der Waals surface area contributed by atoms with Gasteiger partial charge in [0.1, 0.15) is 4.90 Å². The zero-order chi connectivity index (χ0) is 33.5. The van der Waals surface area contributed by atoms with Crippen molar-refractivity contribution in [3.05, 3.63) is 75.7 Å². The van der Waals surface area contributed by atoms with E-state index in [-0.39, 0.29) is 33.1 Å². The lowest BCUT2D eigenvalue weighted by Gasteiger charge is -2.16. The van der Waals surface area contributed by atoms with Crippen LogP contribution in [0.15, 0.2) is 83.6 Å². The molecule has 1 aromatic heterocycles. The fourth-order valence-corrected chi connectivity index (χ4v) is 6.15. The Morgan fingerprint density at radius 1 is 0.889 bits per heavy atom. The molecule has 4 rings (SSSR count). The first-order valence-electron chi connectivity index (χ1n) is 11.8. The summed E-state index contributed by atoms with van der Waals surface area (Å²) >= 11 is 0.395. The van der Waals surface area contributed by atoms with Crippen molar-refractivity contribution in [1.29, 1.82) is 0 Å². The Morgan fingerprint density at radius 2 is 1.49 bits per heavy atom. The Balaban J connectivity index is 1.73. The zero-order valence-corrected chi connectivity index (χ0v) is 25.8. The molecule has 1 aliphatic heterocycles. The summed E-state index contributed by atoms with van der Waals surface area (Å²) < 4.78 is 104. The predicted molar refractivity (Wildman–Crippen MR) is 155 cm³/mol. The van der Waals surface area contributed by atoms with Gasteiger partial charge in [0, 0.05) is 5.69 Å². The SMILES string of the molecule is CC1=NN(c2cc(S(=O)(=O)O)ccc2SOOO)C(=O)/C1=C\C=C\c1c(C)[nH]n(-c2cc(S(=O)(=O)O)ccc2S(=O)(=O)O)c1=O. The Bertz CT molecular complexity index is 2200. The van der Waals surface area contributed by atoms with Crippen LogP contribution in [-0.4, -0.2) is 65.6 Å². The highest BCUT2D eigenvalue weighted by Gasteiger charge is 2.31. The van der Waals surface area contributed by atoms with Crippen LogP contribution in [0.3, 0.4) is 0 Å². The number of hydrogen-bond donors (Lipinski definition) is 5. The highest BCUT2D eigenvalue weighted by atomic mass is 32.2. The number of rotatable bonds is 10. The van der Waals surface area contributed by atoms with Crippen molar-refractivity contribution in [2.45, 2.75) is 33.4 Å². The maximum atomic E-state index is 13.3. The number of H-pyrrole nitrogens is 1. The van der Waals surface area contributed by atoms with Crippen molar-refractivity contribution < 1.29 is 58.3 Å². The maximum absolute atomic E-state index is 13.3. The van der Waals surface area contributed by atoms with Gasteiger partial charge in [0.25, 0.3) is 41.8 Å². The fraction of sp³-hybridized carbons (Fsp3) is 0.0870. The normalized spacial score (nSPS) is 15.4. The van der Waals surface area contributed by atoms with Gasteiger partial charge in [-0.15, -0.1) is 4.33 Å². The van der Waals surface area contributed by atoms with Crippen LogP contribution >= 0.6 is 12.0 Å². The molecule has 0 spiro atoms. The minimum Gasteiger partial charge on any atom is -0.295 e. The van der Waals surface area contributed by atoms with Crippen molar-refractivity contribution in [2.24, 2.45) is 5.10 Å². The van der Waals surface area contributed by atoms with Gasteiger partial charge in [-0.05, 0) is 62.4 Å². The van der Waals surface area contributed by atoms with E-state index < -0.39 is 62.2 Å². The smallest absolute Gasteiger partial charge is 0.295 e. The lowest BCUT2D eigenvalue weighted by atomic mass is 10.1. The molecular formula is C23H20N4O14S4. The van der Waals surface area contributed by atoms with Crippen molar-refractivity contribution in [3.63, 3.8) is 0 Å². The molecule has 2 heterocycles. The lowest BCUT2D eigenvalue weighted by Crippen LogP contribution is -2.22. The number of benzene rings is 2. The molecule has 3 aromatic rings. The van der Waals surface area contributed by atoms with Gasteiger partial charge in [0.2, 0.25) is 0 Å². The summed E-state index contributed by atoms with van der Waals surface area (Å²) in [6.45, 7) is 2.86. The summed E-state index contributed by atoms with van der Waals surface area (Å²) in [5, 5.41) is 19.5. The number of allylic oxidation sites excluding steroid dienone is 2. The summed E-state index contributed by atoms with van der Waals surface area (Å²) in [6, 6.07) is 5.15. The molecule has 0 atom stereocenters. The van der Waals surface area contributed by atoms with Gasteiger partial charge >= 0.3 is 0 Å². The first-order chi connectivity index (χ1) is 20.8. The molecule has 0 fully saturated rings. The average molecular weight is 705 g/mol. The maximum Gasteiger partial charge on any atom is 0.296 e. The van der Waals surface area contributed by atoms with Gasteiger partial charge in [-0.2, -0.15) is 35.4 Å². The van der Waals surface area contributed by atoms with E-state index in [9.17, 15) is 48.5 Å². The molecule has 1 aliphatic rings. The Morgan fingerprint density at radius 3 is 2.07 bits per heavy atom. The Kier molecular flexibility index (Phi) is 9.37. The van der Waals surface area contributed by atoms with E-state index in [0.29, 0.717) is 28.9 Å². The molecule has 1 amide bonds. The minimum absolute atomic E-state index is 0.0261. The fourth-order valence-electron chi connectivity index (χ4n) is 4.04. The molecule has 0 saturated heterocycles. The lowest BCUT2D eigenvalue weighted by molar-refractivity contribution is -0.432. The second-order valence-corrected chi connectivity index (χ2v) is 13.9. The molecular weight excluding hydrogens is 685 g/mol. The number of amides is 1. The summed E-state index contributed by atoms with van der Waals surface area (Å²) in [6.07, 6.45) is 3.75. The van der Waals surface area contributed by atoms with Crippen molar-refractivity contribution >= 4 is 65.8 Å². The van der Waals surface area contributed by atoms with Gasteiger partial charge in [0.05, 0.1) is 55.0 Å². The number of carbonyl (C=O) groups excluding carboxylic acids is 1. The predicted octanol–water partition coefficient (Wildman–Crippen LogP) is 2.00. The first-order valence-corrected chi connectivity index (χ1v) is 16.9. The largest absolute Gasteiger partial charge is 0.296 e. The molecule has 18 nitrogen and oxygen atoms in total. The molecule has 0 radical (unpaired) electrons. The van der Waals surface area contributed by atoms with Gasteiger partial charge < -0.3 is 0 Å². The van der Waals surface area contributed by atoms with Crippen LogP contribution in [0.5, 0.6) is 0 Å². The number of hydrazone groups is 1. The molecule has 2 aromatic carbocycles. The van der Waals surface area contributed by atoms with Crippen molar-refractivity contribution in [1.82, 2.24) is 9.78 Å². The zero-order valence-electron chi connectivity index (χ0n) is 22.5. The van der Waals surface area contributed by atoms with Crippen LogP contribution in [0, 0.1) is 6.92 Å². The number of anilines is 1. The third kappa shape index (κ3) is 7.14. The van der Waals surface area contributed by atoms with Crippen LogP contribution in [0.25, 0.3) is 11.8 Å². The van der Waals surface area contributed by atoms with E-state index >= 15 is 0 Å². The van der Waals surface area contributed by atoms with E-state index in [4.69, 9.17) is 5.26 Å². The van der Waals surface area contributed by atoms with E-state index in [2.05, 4.69) is 19.6 Å². The monoisotopic (exact) mass is 704 g/mol. The number of aromatic amines is 1. The summed E-state index contributed by atoms with van der Waals surface area (Å²) in [4.78, 5) is 24.3. The molecule has 0 aliphatic carbocycles. The first kappa shape index (κ1) is 33.9. The van der Waals surface area contributed by atoms with Crippen LogP contribution in [0.4, 0.5) is 5.69 Å². The molecule has 0 unspecified atom stereocenters. The van der Waals surface area contributed by atoms with E-state index in [0.717, 1.165) is 29.3 Å². The van der Waals surface area contributed by atoms with Crippen LogP contribution < -0.4 is 10.6 Å². The van der Waals surface area contributed by atoms with E-state index in [1.54, 1.807) is 0 Å². The second-order valence-electron chi connectivity index (χ2n) is 8.94. The summed E-state index contributed by atoms with van der Waals surface area (Å²) in [5.74, 6) is -0.778. The Hall–Kier alpha value is -3.97. The number of nitrogens with zero attached hydrogens (tertiary/aromatic N) is 3. The van der Waals surface area contributed by atoms with Crippen molar-refractivity contribution in [3.8, 4) is 5.69 Å². The summed E-state index contributed by atoms with van der Waals surface area (Å²) in [5.41, 5.74) is -1.51. The Labute approximate surface area is 258 Å². The highest BCUT2D eigenvalue weighted by Crippen LogP contribution is 2.36. The number of hydrogen-bond acceptors (Lipinski definition) is 13. The van der Waals surface area contributed by atoms with E-state index in [1.807, 2.05) is 0 Å². The molecule has 0 bridgehead atoms. The quantitative estimate of drug-likeness (QED) is 0.0664. The van der Waals surface area contributed by atoms with E-state index in [1.165, 1.54) is 32.1 Å². The number of aromatic nitrogens is 2. The average Bonchev–Trinajstić information content (AvgIpc) is 3.39. The molecule has 0 saturated carbocycles. The van der Waals surface area contributed by atoms with Crippen molar-refractivity contribution in [2.75, 3.05) is 5.01 Å². The highest BCUT2D eigenvalue weighted by molar-refractivity contribution is 7.94. The number of carbonyl (C=O) groups is 1. The summed E-state index contributed by atoms with van der Waals surface area (Å²) in [7, 11) is -14.5. The van der Waals surface area contributed by atoms with Gasteiger partial charge in [-0.3, -0.25) is 28.3 Å². The van der Waals surface area contributed by atoms with Crippen LogP contribution in [0.2, 0.25) is 0 Å². The van der Waals surface area contributed by atoms with Crippen LogP contribution in [0.1, 0.15) is 18.2 Å². The van der Waals surface area contributed by atoms with Gasteiger partial charge in [0.15, 0.2) is 0 Å². The molecule has 45 heavy (non-hydrogen) atoms. The van der Waals surface area contributed by atoms with Crippen LogP contribution in [-0.2, 0) is 44.5 Å². The minimum atomic E-state index is -4.97.